The summed E-state index contributed by atoms with van der Waals surface area (Å²) in [5.74, 6) is -0.467. The fourth-order valence-electron chi connectivity index (χ4n) is 2.16. The first-order valence-electron chi connectivity index (χ1n) is 7.16. The van der Waals surface area contributed by atoms with E-state index >= 15 is 0 Å². The number of nitrogens with one attached hydrogen (secondary N) is 1. The van der Waals surface area contributed by atoms with Gasteiger partial charge in [-0.15, -0.1) is 0 Å². The Morgan fingerprint density at radius 2 is 1.58 bits per heavy atom. The molecule has 0 aliphatic heterocycles. The second-order valence-corrected chi connectivity index (χ2v) is 6.25. The summed E-state index contributed by atoms with van der Waals surface area (Å²) in [6.45, 7) is 1.92. The van der Waals surface area contributed by atoms with Crippen molar-refractivity contribution in [2.75, 3.05) is 18.0 Å². The Balaban J connectivity index is 2.03. The lowest BCUT2D eigenvalue weighted by molar-refractivity contribution is -0.116. The van der Waals surface area contributed by atoms with Crippen LogP contribution in [0.15, 0.2) is 42.5 Å². The molecule has 0 bridgehead atoms. The zero-order valence-corrected chi connectivity index (χ0v) is 15.1. The van der Waals surface area contributed by atoms with Gasteiger partial charge in [-0.3, -0.25) is 9.59 Å². The van der Waals surface area contributed by atoms with Crippen LogP contribution in [-0.2, 0) is 4.79 Å². The van der Waals surface area contributed by atoms with Crippen molar-refractivity contribution < 1.29 is 9.59 Å². The molecule has 2 aromatic carbocycles. The molecule has 0 unspecified atom stereocenters. The van der Waals surface area contributed by atoms with E-state index in [0.29, 0.717) is 26.3 Å². The molecule has 0 saturated carbocycles. The van der Waals surface area contributed by atoms with Crippen molar-refractivity contribution in [2.45, 2.75) is 6.92 Å². The first-order chi connectivity index (χ1) is 11.4. The van der Waals surface area contributed by atoms with Crippen molar-refractivity contribution in [3.63, 3.8) is 0 Å². The Morgan fingerprint density at radius 3 is 2.12 bits per heavy atom. The first-order valence-corrected chi connectivity index (χ1v) is 8.29. The molecule has 0 radical (unpaired) electrons. The lowest BCUT2D eigenvalue weighted by atomic mass is 10.2. The van der Waals surface area contributed by atoms with Gasteiger partial charge in [0.15, 0.2) is 0 Å². The maximum absolute atomic E-state index is 12.1. The van der Waals surface area contributed by atoms with Gasteiger partial charge >= 0.3 is 0 Å². The predicted octanol–water partition coefficient (Wildman–Crippen LogP) is 4.43. The molecule has 7 heteroatoms. The highest BCUT2D eigenvalue weighted by Gasteiger charge is 2.18. The third kappa shape index (κ3) is 4.63. The Morgan fingerprint density at radius 1 is 1.00 bits per heavy atom. The molecule has 1 N–H and O–H groups in total. The average Bonchev–Trinajstić information content (AvgIpc) is 2.53. The molecule has 2 aromatic rings. The molecular formula is C17H15Cl3N2O2. The number of carbonyl (C=O) groups excluding carboxylic acids is 2. The Labute approximate surface area is 155 Å². The fraction of sp³-hybridized carbons (Fsp3) is 0.176. The Bertz CT molecular complexity index is 728. The normalized spacial score (nSPS) is 10.3. The van der Waals surface area contributed by atoms with Gasteiger partial charge in [0, 0.05) is 30.6 Å². The number of carbonyl (C=O) groups is 2. The van der Waals surface area contributed by atoms with E-state index in [-0.39, 0.29) is 24.9 Å². The predicted molar refractivity (Wildman–Crippen MR) is 98.3 cm³/mol. The lowest BCUT2D eigenvalue weighted by Crippen LogP contribution is -2.37. The van der Waals surface area contributed by atoms with E-state index in [1.165, 1.54) is 11.8 Å². The minimum atomic E-state index is -0.250. The number of halogens is 3. The van der Waals surface area contributed by atoms with Crippen molar-refractivity contribution in [3.8, 4) is 0 Å². The lowest BCUT2D eigenvalue weighted by Gasteiger charge is -2.23. The molecule has 0 heterocycles. The van der Waals surface area contributed by atoms with Gasteiger partial charge in [0.05, 0.1) is 15.7 Å². The molecule has 24 heavy (non-hydrogen) atoms. The van der Waals surface area contributed by atoms with Gasteiger partial charge in [-0.25, -0.2) is 0 Å². The molecule has 0 aliphatic carbocycles. The number of hydrogen-bond acceptors (Lipinski definition) is 2. The third-order valence-corrected chi connectivity index (χ3v) is 4.18. The first kappa shape index (κ1) is 18.6. The summed E-state index contributed by atoms with van der Waals surface area (Å²) in [7, 11) is 0. The van der Waals surface area contributed by atoms with Crippen LogP contribution in [0.2, 0.25) is 15.1 Å². The Kier molecular flexibility index (Phi) is 6.49. The fourth-order valence-corrected chi connectivity index (χ4v) is 2.89. The molecule has 0 aliphatic rings. The molecule has 0 spiro atoms. The third-order valence-electron chi connectivity index (χ3n) is 3.31. The summed E-state index contributed by atoms with van der Waals surface area (Å²) in [6.07, 6.45) is 0. The zero-order valence-electron chi connectivity index (χ0n) is 12.9. The standard InChI is InChI=1S/C17H15Cl3N2O2/c1-11(23)22(16-14(19)3-2-4-15(16)20)10-9-21-17(24)12-5-7-13(18)8-6-12/h2-8H,9-10H2,1H3,(H,21,24). The zero-order chi connectivity index (χ0) is 17.7. The smallest absolute Gasteiger partial charge is 0.251 e. The summed E-state index contributed by atoms with van der Waals surface area (Å²) in [6, 6.07) is 11.6. The summed E-state index contributed by atoms with van der Waals surface area (Å²) in [4.78, 5) is 25.4. The maximum Gasteiger partial charge on any atom is 0.251 e. The molecule has 4 nitrogen and oxygen atoms in total. The second-order valence-electron chi connectivity index (χ2n) is 5.00. The van der Waals surface area contributed by atoms with E-state index in [9.17, 15) is 9.59 Å². The minimum absolute atomic E-state index is 0.217. The Hall–Kier alpha value is -1.75. The largest absolute Gasteiger partial charge is 0.350 e. The molecule has 0 saturated heterocycles. The van der Waals surface area contributed by atoms with E-state index < -0.39 is 0 Å². The number of anilines is 1. The van der Waals surface area contributed by atoms with E-state index in [1.54, 1.807) is 42.5 Å². The van der Waals surface area contributed by atoms with Crippen LogP contribution in [0.4, 0.5) is 5.69 Å². The van der Waals surface area contributed by atoms with E-state index in [2.05, 4.69) is 5.32 Å². The van der Waals surface area contributed by atoms with Crippen LogP contribution in [0.3, 0.4) is 0 Å². The van der Waals surface area contributed by atoms with Gasteiger partial charge in [-0.05, 0) is 36.4 Å². The highest BCUT2D eigenvalue weighted by molar-refractivity contribution is 6.39. The molecule has 2 amide bonds. The molecule has 0 atom stereocenters. The van der Waals surface area contributed by atoms with Crippen molar-refractivity contribution in [3.05, 3.63) is 63.1 Å². The van der Waals surface area contributed by atoms with Gasteiger partial charge in [0.1, 0.15) is 0 Å². The number of nitrogens with zero attached hydrogens (tertiary/aromatic N) is 1. The molecule has 126 valence electrons. The second kappa shape index (κ2) is 8.38. The number of hydrogen-bond donors (Lipinski definition) is 1. The number of rotatable bonds is 5. The van der Waals surface area contributed by atoms with Crippen LogP contribution in [0.5, 0.6) is 0 Å². The summed E-state index contributed by atoms with van der Waals surface area (Å²) >= 11 is 18.1. The molecule has 2 rings (SSSR count). The topological polar surface area (TPSA) is 49.4 Å². The van der Waals surface area contributed by atoms with Crippen LogP contribution < -0.4 is 10.2 Å². The average molecular weight is 386 g/mol. The van der Waals surface area contributed by atoms with E-state index in [1.807, 2.05) is 0 Å². The van der Waals surface area contributed by atoms with Crippen LogP contribution in [0, 0.1) is 0 Å². The highest BCUT2D eigenvalue weighted by Crippen LogP contribution is 2.33. The number of para-hydroxylation sites is 1. The van der Waals surface area contributed by atoms with Crippen molar-refractivity contribution in [1.82, 2.24) is 5.32 Å². The van der Waals surface area contributed by atoms with Crippen LogP contribution in [0.1, 0.15) is 17.3 Å². The molecule has 0 aromatic heterocycles. The minimum Gasteiger partial charge on any atom is -0.350 e. The molecular weight excluding hydrogens is 371 g/mol. The van der Waals surface area contributed by atoms with Crippen LogP contribution in [-0.4, -0.2) is 24.9 Å². The summed E-state index contributed by atoms with van der Waals surface area (Å²) in [5.41, 5.74) is 0.929. The van der Waals surface area contributed by atoms with Crippen molar-refractivity contribution in [1.29, 1.82) is 0 Å². The van der Waals surface area contributed by atoms with Crippen molar-refractivity contribution >= 4 is 52.3 Å². The van der Waals surface area contributed by atoms with Gasteiger partial charge in [0.2, 0.25) is 5.91 Å². The van der Waals surface area contributed by atoms with E-state index in [4.69, 9.17) is 34.8 Å². The van der Waals surface area contributed by atoms with Gasteiger partial charge in [0.25, 0.3) is 5.91 Å². The van der Waals surface area contributed by atoms with E-state index in [0.717, 1.165) is 0 Å². The molecule has 0 fully saturated rings. The highest BCUT2D eigenvalue weighted by atomic mass is 35.5. The van der Waals surface area contributed by atoms with Gasteiger partial charge in [-0.2, -0.15) is 0 Å². The summed E-state index contributed by atoms with van der Waals surface area (Å²) in [5, 5.41) is 4.06. The summed E-state index contributed by atoms with van der Waals surface area (Å²) < 4.78 is 0. The van der Waals surface area contributed by atoms with Crippen molar-refractivity contribution in [2.24, 2.45) is 0 Å². The SMILES string of the molecule is CC(=O)N(CCNC(=O)c1ccc(Cl)cc1)c1c(Cl)cccc1Cl. The maximum atomic E-state index is 12.1. The van der Waals surface area contributed by atoms with Crippen LogP contribution >= 0.6 is 34.8 Å². The van der Waals surface area contributed by atoms with Crippen LogP contribution in [0.25, 0.3) is 0 Å². The quantitative estimate of drug-likeness (QED) is 0.827. The number of benzene rings is 2. The number of amides is 2. The van der Waals surface area contributed by atoms with Gasteiger partial charge in [-0.1, -0.05) is 40.9 Å². The van der Waals surface area contributed by atoms with Gasteiger partial charge < -0.3 is 10.2 Å². The monoisotopic (exact) mass is 384 g/mol.